The fourth-order valence-corrected chi connectivity index (χ4v) is 3.25. The molecule has 2 rings (SSSR count). The van der Waals surface area contributed by atoms with Gasteiger partial charge in [0.1, 0.15) is 5.56 Å². The van der Waals surface area contributed by atoms with Crippen LogP contribution >= 0.6 is 0 Å². The van der Waals surface area contributed by atoms with E-state index in [1.54, 1.807) is 11.9 Å². The van der Waals surface area contributed by atoms with E-state index in [0.717, 1.165) is 44.7 Å². The SMILES string of the molecule is CC(=O)c1c([N+](=O)[O-])ccc(F)c1OCCCC(=O)N(C)C1CCCC1. The molecule has 0 aliphatic heterocycles. The minimum absolute atomic E-state index is 0.00759. The molecular formula is C18H23FN2O5. The number of hydrogen-bond acceptors (Lipinski definition) is 5. The minimum atomic E-state index is -0.838. The van der Waals surface area contributed by atoms with Crippen molar-refractivity contribution in [2.75, 3.05) is 13.7 Å². The second kappa shape index (κ2) is 8.73. The van der Waals surface area contributed by atoms with Gasteiger partial charge in [0.15, 0.2) is 17.3 Å². The Morgan fingerprint density at radius 3 is 2.58 bits per heavy atom. The Morgan fingerprint density at radius 2 is 2.00 bits per heavy atom. The molecule has 1 aromatic carbocycles. The summed E-state index contributed by atoms with van der Waals surface area (Å²) >= 11 is 0. The second-order valence-electron chi connectivity index (χ2n) is 6.48. The Morgan fingerprint density at radius 1 is 1.35 bits per heavy atom. The zero-order valence-corrected chi connectivity index (χ0v) is 15.0. The van der Waals surface area contributed by atoms with Crippen molar-refractivity contribution in [3.63, 3.8) is 0 Å². The van der Waals surface area contributed by atoms with Crippen LogP contribution in [0.1, 0.15) is 55.8 Å². The molecule has 1 aromatic rings. The highest BCUT2D eigenvalue weighted by molar-refractivity contribution is 6.00. The van der Waals surface area contributed by atoms with Gasteiger partial charge in [-0.1, -0.05) is 12.8 Å². The summed E-state index contributed by atoms with van der Waals surface area (Å²) in [6.07, 6.45) is 4.85. The molecular weight excluding hydrogens is 343 g/mol. The van der Waals surface area contributed by atoms with Gasteiger partial charge in [0, 0.05) is 25.6 Å². The van der Waals surface area contributed by atoms with Crippen LogP contribution in [-0.4, -0.2) is 41.2 Å². The van der Waals surface area contributed by atoms with E-state index in [-0.39, 0.29) is 30.5 Å². The van der Waals surface area contributed by atoms with E-state index < -0.39 is 28.0 Å². The van der Waals surface area contributed by atoms with Crippen LogP contribution < -0.4 is 4.74 Å². The number of nitrogens with zero attached hydrogens (tertiary/aromatic N) is 2. The predicted octanol–water partition coefficient (Wildman–Crippen LogP) is 3.50. The molecule has 1 aliphatic rings. The monoisotopic (exact) mass is 366 g/mol. The topological polar surface area (TPSA) is 89.7 Å². The number of carbonyl (C=O) groups excluding carboxylic acids is 2. The molecule has 0 aromatic heterocycles. The maximum Gasteiger partial charge on any atom is 0.284 e. The number of carbonyl (C=O) groups is 2. The highest BCUT2D eigenvalue weighted by atomic mass is 19.1. The Labute approximate surface area is 151 Å². The molecule has 142 valence electrons. The van der Waals surface area contributed by atoms with Crippen LogP contribution in [0.25, 0.3) is 0 Å². The third-order valence-electron chi connectivity index (χ3n) is 4.68. The van der Waals surface area contributed by atoms with Gasteiger partial charge in [-0.25, -0.2) is 4.39 Å². The van der Waals surface area contributed by atoms with E-state index in [0.29, 0.717) is 6.42 Å². The van der Waals surface area contributed by atoms with Crippen LogP contribution in [0, 0.1) is 15.9 Å². The maximum atomic E-state index is 14.0. The average Bonchev–Trinajstić information content (AvgIpc) is 3.12. The number of hydrogen-bond donors (Lipinski definition) is 0. The molecule has 0 N–H and O–H groups in total. The maximum absolute atomic E-state index is 14.0. The molecule has 0 saturated heterocycles. The fraction of sp³-hybridized carbons (Fsp3) is 0.556. The number of amides is 1. The molecule has 1 saturated carbocycles. The highest BCUT2D eigenvalue weighted by Gasteiger charge is 2.26. The standard InChI is InChI=1S/C18H23FN2O5/c1-12(22)17-15(21(24)25)10-9-14(19)18(17)26-11-5-8-16(23)20(2)13-6-3-4-7-13/h9-10,13H,3-8,11H2,1-2H3. The summed E-state index contributed by atoms with van der Waals surface area (Å²) in [6, 6.07) is 2.12. The van der Waals surface area contributed by atoms with Gasteiger partial charge in [0.05, 0.1) is 11.5 Å². The van der Waals surface area contributed by atoms with Gasteiger partial charge in [-0.2, -0.15) is 0 Å². The van der Waals surface area contributed by atoms with Gasteiger partial charge >= 0.3 is 0 Å². The Bertz CT molecular complexity index is 701. The lowest BCUT2D eigenvalue weighted by Gasteiger charge is -2.24. The zero-order valence-electron chi connectivity index (χ0n) is 15.0. The van der Waals surface area contributed by atoms with Crippen molar-refractivity contribution in [1.82, 2.24) is 4.90 Å². The summed E-state index contributed by atoms with van der Waals surface area (Å²) in [5.41, 5.74) is -0.879. The lowest BCUT2D eigenvalue weighted by Crippen LogP contribution is -2.35. The molecule has 0 atom stereocenters. The van der Waals surface area contributed by atoms with Crippen molar-refractivity contribution in [2.24, 2.45) is 0 Å². The van der Waals surface area contributed by atoms with Gasteiger partial charge in [-0.05, 0) is 32.3 Å². The number of ether oxygens (including phenoxy) is 1. The van der Waals surface area contributed by atoms with E-state index in [9.17, 15) is 24.1 Å². The average molecular weight is 366 g/mol. The summed E-state index contributed by atoms with van der Waals surface area (Å²) in [7, 11) is 1.78. The van der Waals surface area contributed by atoms with Crippen LogP contribution in [0.15, 0.2) is 12.1 Å². The normalized spacial score (nSPS) is 14.3. The molecule has 7 nitrogen and oxygen atoms in total. The smallest absolute Gasteiger partial charge is 0.284 e. The van der Waals surface area contributed by atoms with Crippen LogP contribution in [-0.2, 0) is 4.79 Å². The van der Waals surface area contributed by atoms with Crippen LogP contribution in [0.2, 0.25) is 0 Å². The Balaban J connectivity index is 1.97. The largest absolute Gasteiger partial charge is 0.489 e. The molecule has 1 amide bonds. The van der Waals surface area contributed by atoms with Crippen molar-refractivity contribution in [3.8, 4) is 5.75 Å². The number of rotatable bonds is 8. The van der Waals surface area contributed by atoms with Crippen molar-refractivity contribution >= 4 is 17.4 Å². The summed E-state index contributed by atoms with van der Waals surface area (Å²) < 4.78 is 19.3. The molecule has 0 heterocycles. The molecule has 1 aliphatic carbocycles. The molecule has 8 heteroatoms. The summed E-state index contributed by atoms with van der Waals surface area (Å²) in [6.45, 7) is 1.11. The summed E-state index contributed by atoms with van der Waals surface area (Å²) in [4.78, 5) is 35.9. The first-order valence-electron chi connectivity index (χ1n) is 8.69. The lowest BCUT2D eigenvalue weighted by atomic mass is 10.1. The predicted molar refractivity (Wildman–Crippen MR) is 92.8 cm³/mol. The van der Waals surface area contributed by atoms with Gasteiger partial charge in [0.25, 0.3) is 5.69 Å². The zero-order chi connectivity index (χ0) is 19.3. The quantitative estimate of drug-likeness (QED) is 0.304. The number of ketones is 1. The van der Waals surface area contributed by atoms with E-state index in [4.69, 9.17) is 4.74 Å². The number of halogens is 1. The second-order valence-corrected chi connectivity index (χ2v) is 6.48. The number of nitro benzene ring substituents is 1. The van der Waals surface area contributed by atoms with E-state index in [2.05, 4.69) is 0 Å². The van der Waals surface area contributed by atoms with Crippen molar-refractivity contribution in [1.29, 1.82) is 0 Å². The van der Waals surface area contributed by atoms with E-state index in [1.165, 1.54) is 0 Å². The summed E-state index contributed by atoms with van der Waals surface area (Å²) in [5, 5.41) is 11.0. The third-order valence-corrected chi connectivity index (χ3v) is 4.68. The van der Waals surface area contributed by atoms with Crippen molar-refractivity contribution in [3.05, 3.63) is 33.6 Å². The highest BCUT2D eigenvalue weighted by Crippen LogP contribution is 2.32. The third kappa shape index (κ3) is 4.56. The minimum Gasteiger partial charge on any atom is -0.489 e. The van der Waals surface area contributed by atoms with E-state index in [1.807, 2.05) is 0 Å². The molecule has 0 bridgehead atoms. The molecule has 0 unspecified atom stereocenters. The van der Waals surface area contributed by atoms with Crippen molar-refractivity contribution < 1.29 is 23.6 Å². The first-order valence-corrected chi connectivity index (χ1v) is 8.69. The first-order chi connectivity index (χ1) is 12.3. The lowest BCUT2D eigenvalue weighted by molar-refractivity contribution is -0.385. The number of benzene rings is 1. The van der Waals surface area contributed by atoms with Crippen LogP contribution in [0.5, 0.6) is 5.75 Å². The first kappa shape index (κ1) is 19.8. The van der Waals surface area contributed by atoms with Gasteiger partial charge in [-0.3, -0.25) is 19.7 Å². The number of Topliss-reactive ketones (excluding diaryl/α,β-unsaturated/α-hetero) is 1. The molecule has 0 spiro atoms. The van der Waals surface area contributed by atoms with Gasteiger partial charge < -0.3 is 9.64 Å². The van der Waals surface area contributed by atoms with Crippen molar-refractivity contribution in [2.45, 2.75) is 51.5 Å². The molecule has 0 radical (unpaired) electrons. The van der Waals surface area contributed by atoms with Crippen LogP contribution in [0.4, 0.5) is 10.1 Å². The van der Waals surface area contributed by atoms with Crippen LogP contribution in [0.3, 0.4) is 0 Å². The number of nitro groups is 1. The van der Waals surface area contributed by atoms with Gasteiger partial charge in [-0.15, -0.1) is 0 Å². The van der Waals surface area contributed by atoms with E-state index >= 15 is 0 Å². The van der Waals surface area contributed by atoms with Gasteiger partial charge in [0.2, 0.25) is 5.91 Å². The Kier molecular flexibility index (Phi) is 6.65. The fourth-order valence-electron chi connectivity index (χ4n) is 3.25. The molecule has 26 heavy (non-hydrogen) atoms. The molecule has 1 fully saturated rings. The Hall–Kier alpha value is -2.51. The summed E-state index contributed by atoms with van der Waals surface area (Å²) in [5.74, 6) is -1.92.